The van der Waals surface area contributed by atoms with Crippen molar-refractivity contribution < 1.29 is 19.0 Å². The Morgan fingerprint density at radius 2 is 2.00 bits per heavy atom. The van der Waals surface area contributed by atoms with E-state index in [0.29, 0.717) is 29.7 Å². The number of aromatic nitrogens is 2. The predicted octanol–water partition coefficient (Wildman–Crippen LogP) is 3.86. The standard InChI is InChI=1S/C18H17FN2O3/c19-16-11(10-8-9-10)5-3-7-14(16)24-17-15(18(22)23)12-4-1-2-6-13(12)20-21-17/h3,5,7,10H,1-2,4,6,8-9H2,(H,22,23). The van der Waals surface area contributed by atoms with Gasteiger partial charge in [-0.05, 0) is 61.6 Å². The lowest BCUT2D eigenvalue weighted by molar-refractivity contribution is 0.0691. The minimum absolute atomic E-state index is 0.00644. The summed E-state index contributed by atoms with van der Waals surface area (Å²) in [5.74, 6) is -1.43. The summed E-state index contributed by atoms with van der Waals surface area (Å²) in [7, 11) is 0. The number of aryl methyl sites for hydroxylation is 1. The van der Waals surface area contributed by atoms with Crippen molar-refractivity contribution in [1.82, 2.24) is 10.2 Å². The van der Waals surface area contributed by atoms with Gasteiger partial charge in [-0.2, -0.15) is 5.10 Å². The van der Waals surface area contributed by atoms with E-state index in [4.69, 9.17) is 4.74 Å². The van der Waals surface area contributed by atoms with Crippen LogP contribution in [0, 0.1) is 5.82 Å². The molecule has 1 saturated carbocycles. The highest BCUT2D eigenvalue weighted by molar-refractivity contribution is 5.92. The third-order valence-corrected chi connectivity index (χ3v) is 4.65. The van der Waals surface area contributed by atoms with E-state index in [2.05, 4.69) is 10.2 Å². The summed E-state index contributed by atoms with van der Waals surface area (Å²) in [4.78, 5) is 11.7. The van der Waals surface area contributed by atoms with Crippen molar-refractivity contribution in [2.45, 2.75) is 44.4 Å². The molecule has 1 aromatic carbocycles. The number of carboxylic acid groups (broad SMARTS) is 1. The van der Waals surface area contributed by atoms with Crippen LogP contribution in [0.15, 0.2) is 18.2 Å². The van der Waals surface area contributed by atoms with Gasteiger partial charge in [-0.25, -0.2) is 9.18 Å². The zero-order valence-corrected chi connectivity index (χ0v) is 13.1. The van der Waals surface area contributed by atoms with Crippen molar-refractivity contribution in [2.75, 3.05) is 0 Å². The van der Waals surface area contributed by atoms with Crippen molar-refractivity contribution in [3.63, 3.8) is 0 Å². The van der Waals surface area contributed by atoms with Crippen LogP contribution < -0.4 is 4.74 Å². The molecule has 0 unspecified atom stereocenters. The molecule has 0 spiro atoms. The van der Waals surface area contributed by atoms with Gasteiger partial charge in [0.25, 0.3) is 5.88 Å². The van der Waals surface area contributed by atoms with Crippen LogP contribution in [0.1, 0.15) is 58.8 Å². The fourth-order valence-electron chi connectivity index (χ4n) is 3.27. The van der Waals surface area contributed by atoms with Crippen LogP contribution in [0.25, 0.3) is 0 Å². The molecule has 0 radical (unpaired) electrons. The van der Waals surface area contributed by atoms with Gasteiger partial charge in [-0.3, -0.25) is 0 Å². The quantitative estimate of drug-likeness (QED) is 0.922. The molecule has 0 atom stereocenters. The molecule has 6 heteroatoms. The molecular formula is C18H17FN2O3. The molecule has 1 fully saturated rings. The summed E-state index contributed by atoms with van der Waals surface area (Å²) in [6.07, 6.45) is 5.17. The van der Waals surface area contributed by atoms with Gasteiger partial charge in [-0.15, -0.1) is 5.10 Å². The van der Waals surface area contributed by atoms with E-state index in [-0.39, 0.29) is 23.1 Å². The van der Waals surface area contributed by atoms with E-state index in [1.165, 1.54) is 6.07 Å². The van der Waals surface area contributed by atoms with Crippen LogP contribution in [0.4, 0.5) is 4.39 Å². The minimum atomic E-state index is -1.11. The monoisotopic (exact) mass is 328 g/mol. The number of aromatic carboxylic acids is 1. The third-order valence-electron chi connectivity index (χ3n) is 4.65. The Hall–Kier alpha value is -2.50. The van der Waals surface area contributed by atoms with Crippen LogP contribution in [0.3, 0.4) is 0 Å². The maximum Gasteiger partial charge on any atom is 0.341 e. The first-order chi connectivity index (χ1) is 11.6. The van der Waals surface area contributed by atoms with Gasteiger partial charge in [0.15, 0.2) is 11.6 Å². The van der Waals surface area contributed by atoms with Crippen molar-refractivity contribution in [1.29, 1.82) is 0 Å². The molecule has 5 nitrogen and oxygen atoms in total. The highest BCUT2D eigenvalue weighted by atomic mass is 19.1. The van der Waals surface area contributed by atoms with Crippen LogP contribution in [-0.4, -0.2) is 21.3 Å². The van der Waals surface area contributed by atoms with Crippen molar-refractivity contribution in [3.05, 3.63) is 46.4 Å². The SMILES string of the molecule is O=C(O)c1c(Oc2cccc(C3CC3)c2F)nnc2c1CCCC2. The molecule has 1 aromatic heterocycles. The van der Waals surface area contributed by atoms with Gasteiger partial charge in [0, 0.05) is 0 Å². The van der Waals surface area contributed by atoms with Crippen molar-refractivity contribution >= 4 is 5.97 Å². The second-order valence-corrected chi connectivity index (χ2v) is 6.35. The average molecular weight is 328 g/mol. The Balaban J connectivity index is 1.75. The average Bonchev–Trinajstić information content (AvgIpc) is 3.41. The van der Waals surface area contributed by atoms with Gasteiger partial charge in [-0.1, -0.05) is 12.1 Å². The molecule has 0 saturated heterocycles. The van der Waals surface area contributed by atoms with Gasteiger partial charge < -0.3 is 9.84 Å². The second kappa shape index (κ2) is 5.85. The Morgan fingerprint density at radius 3 is 2.75 bits per heavy atom. The lowest BCUT2D eigenvalue weighted by Crippen LogP contribution is -2.15. The van der Waals surface area contributed by atoms with Gasteiger partial charge in [0.2, 0.25) is 0 Å². The maximum absolute atomic E-state index is 14.6. The molecule has 124 valence electrons. The smallest absolute Gasteiger partial charge is 0.341 e. The molecule has 1 N–H and O–H groups in total. The minimum Gasteiger partial charge on any atom is -0.477 e. The molecule has 0 amide bonds. The summed E-state index contributed by atoms with van der Waals surface area (Å²) < 4.78 is 20.2. The predicted molar refractivity (Wildman–Crippen MR) is 84.1 cm³/mol. The number of ether oxygens (including phenoxy) is 1. The number of rotatable bonds is 4. The number of nitrogens with zero attached hydrogens (tertiary/aromatic N) is 2. The second-order valence-electron chi connectivity index (χ2n) is 6.35. The molecular weight excluding hydrogens is 311 g/mol. The summed E-state index contributed by atoms with van der Waals surface area (Å²) in [5, 5.41) is 17.6. The Kier molecular flexibility index (Phi) is 3.67. The number of hydrogen-bond acceptors (Lipinski definition) is 4. The normalized spacial score (nSPS) is 16.5. The van der Waals surface area contributed by atoms with Gasteiger partial charge in [0.1, 0.15) is 5.56 Å². The number of carbonyl (C=O) groups is 1. The fraction of sp³-hybridized carbons (Fsp3) is 0.389. The molecule has 24 heavy (non-hydrogen) atoms. The summed E-state index contributed by atoms with van der Waals surface area (Å²) in [6, 6.07) is 4.96. The van der Waals surface area contributed by atoms with E-state index in [1.54, 1.807) is 12.1 Å². The largest absolute Gasteiger partial charge is 0.477 e. The van der Waals surface area contributed by atoms with Crippen LogP contribution in [-0.2, 0) is 12.8 Å². The highest BCUT2D eigenvalue weighted by Crippen LogP contribution is 2.43. The molecule has 2 aromatic rings. The van der Waals surface area contributed by atoms with Gasteiger partial charge in [0.05, 0.1) is 5.69 Å². The first-order valence-corrected chi connectivity index (χ1v) is 8.23. The number of fused-ring (bicyclic) bond motifs is 1. The Bertz CT molecular complexity index is 818. The van der Waals surface area contributed by atoms with Gasteiger partial charge >= 0.3 is 5.97 Å². The van der Waals surface area contributed by atoms with Crippen LogP contribution in [0.2, 0.25) is 0 Å². The lowest BCUT2D eigenvalue weighted by Gasteiger charge is -2.18. The zero-order valence-electron chi connectivity index (χ0n) is 13.1. The zero-order chi connectivity index (χ0) is 16.7. The fourth-order valence-corrected chi connectivity index (χ4v) is 3.27. The van der Waals surface area contributed by atoms with Crippen LogP contribution in [0.5, 0.6) is 11.6 Å². The first kappa shape index (κ1) is 15.1. The van der Waals surface area contributed by atoms with E-state index < -0.39 is 11.8 Å². The molecule has 1 heterocycles. The maximum atomic E-state index is 14.6. The molecule has 0 bridgehead atoms. The topological polar surface area (TPSA) is 72.3 Å². The molecule has 2 aliphatic carbocycles. The number of hydrogen-bond donors (Lipinski definition) is 1. The Labute approximate surface area is 138 Å². The number of carboxylic acids is 1. The third kappa shape index (κ3) is 2.62. The number of halogens is 1. The highest BCUT2D eigenvalue weighted by Gasteiger charge is 2.29. The van der Waals surface area contributed by atoms with E-state index >= 15 is 0 Å². The van der Waals surface area contributed by atoms with Crippen LogP contribution >= 0.6 is 0 Å². The van der Waals surface area contributed by atoms with E-state index in [0.717, 1.165) is 25.7 Å². The van der Waals surface area contributed by atoms with Crippen molar-refractivity contribution in [3.8, 4) is 11.6 Å². The summed E-state index contributed by atoms with van der Waals surface area (Å²) >= 11 is 0. The summed E-state index contributed by atoms with van der Waals surface area (Å²) in [5.41, 5.74) is 2.00. The molecule has 0 aliphatic heterocycles. The van der Waals surface area contributed by atoms with E-state index in [9.17, 15) is 14.3 Å². The Morgan fingerprint density at radius 1 is 1.21 bits per heavy atom. The lowest BCUT2D eigenvalue weighted by atomic mass is 9.93. The first-order valence-electron chi connectivity index (χ1n) is 8.23. The molecule has 4 rings (SSSR count). The van der Waals surface area contributed by atoms with Crippen molar-refractivity contribution in [2.24, 2.45) is 0 Å². The molecule has 2 aliphatic rings. The number of benzene rings is 1. The van der Waals surface area contributed by atoms with E-state index in [1.807, 2.05) is 0 Å². The summed E-state index contributed by atoms with van der Waals surface area (Å²) in [6.45, 7) is 0.